The van der Waals surface area contributed by atoms with Crippen molar-refractivity contribution in [2.75, 3.05) is 31.4 Å². The molecule has 2 heterocycles. The van der Waals surface area contributed by atoms with Crippen LogP contribution in [0.2, 0.25) is 0 Å². The molecule has 0 spiro atoms. The van der Waals surface area contributed by atoms with Crippen LogP contribution >= 0.6 is 0 Å². The molecule has 0 saturated carbocycles. The van der Waals surface area contributed by atoms with Crippen molar-refractivity contribution in [3.63, 3.8) is 0 Å². The van der Waals surface area contributed by atoms with E-state index in [4.69, 9.17) is 8.83 Å². The van der Waals surface area contributed by atoms with Crippen molar-refractivity contribution in [2.45, 2.75) is 0 Å². The normalized spacial score (nSPS) is 11.1. The lowest BCUT2D eigenvalue weighted by molar-refractivity contribution is 0.556. The Balaban J connectivity index is 1.73. The fourth-order valence-electron chi connectivity index (χ4n) is 4.03. The maximum absolute atomic E-state index is 12.9. The number of nitrogens with zero attached hydrogens (tertiary/aromatic N) is 1. The molecule has 0 bridgehead atoms. The van der Waals surface area contributed by atoms with E-state index in [-0.39, 0.29) is 0 Å². The van der Waals surface area contributed by atoms with E-state index in [1.165, 1.54) is 6.07 Å². The topological polar surface area (TPSA) is 75.7 Å². The summed E-state index contributed by atoms with van der Waals surface area (Å²) >= 11 is 0. The molecule has 6 nitrogen and oxygen atoms in total. The van der Waals surface area contributed by atoms with Gasteiger partial charge in [-0.3, -0.25) is 0 Å². The van der Waals surface area contributed by atoms with Crippen molar-refractivity contribution >= 4 is 33.3 Å². The molecular weight excluding hydrogens is 416 g/mol. The van der Waals surface area contributed by atoms with Crippen molar-refractivity contribution in [1.29, 1.82) is 0 Å². The maximum Gasteiger partial charge on any atom is 0.344 e. The van der Waals surface area contributed by atoms with Gasteiger partial charge in [0.2, 0.25) is 0 Å². The first kappa shape index (κ1) is 20.6. The third-order valence-corrected chi connectivity index (χ3v) is 5.78. The summed E-state index contributed by atoms with van der Waals surface area (Å²) in [6.07, 6.45) is 0. The van der Waals surface area contributed by atoms with Crippen molar-refractivity contribution in [2.24, 2.45) is 0 Å². The summed E-state index contributed by atoms with van der Waals surface area (Å²) in [6, 6.07) is 22.3. The predicted octanol–water partition coefficient (Wildman–Crippen LogP) is 5.34. The van der Waals surface area contributed by atoms with Gasteiger partial charge in [-0.2, -0.15) is 0 Å². The third-order valence-electron chi connectivity index (χ3n) is 5.78. The molecule has 5 aromatic rings. The van der Waals surface area contributed by atoms with Gasteiger partial charge in [-0.05, 0) is 41.5 Å². The first-order valence-corrected chi connectivity index (χ1v) is 10.6. The summed E-state index contributed by atoms with van der Waals surface area (Å²) in [5, 5.41) is 4.55. The van der Waals surface area contributed by atoms with Gasteiger partial charge in [0.1, 0.15) is 11.2 Å². The standard InChI is InChI=1S/C27H22N2O4/c1-28-18-10-7-17-13-23(27(31)32-24(17)14-18)21-6-4-5-20-22(15-25(30)33-26(20)21)16-8-11-19(12-9-16)29(2)3/h4-15,28H,1-3H3. The molecule has 5 rings (SSSR count). The summed E-state index contributed by atoms with van der Waals surface area (Å²) in [6.45, 7) is 0. The highest BCUT2D eigenvalue weighted by Crippen LogP contribution is 2.34. The summed E-state index contributed by atoms with van der Waals surface area (Å²) in [4.78, 5) is 27.4. The average molecular weight is 438 g/mol. The highest BCUT2D eigenvalue weighted by molar-refractivity contribution is 6.01. The van der Waals surface area contributed by atoms with Crippen LogP contribution in [0.3, 0.4) is 0 Å². The van der Waals surface area contributed by atoms with E-state index in [2.05, 4.69) is 5.32 Å². The van der Waals surface area contributed by atoms with Crippen LogP contribution < -0.4 is 21.5 Å². The smallest absolute Gasteiger partial charge is 0.344 e. The Morgan fingerprint density at radius 2 is 1.58 bits per heavy atom. The van der Waals surface area contributed by atoms with E-state index < -0.39 is 11.3 Å². The monoisotopic (exact) mass is 438 g/mol. The molecule has 0 aliphatic heterocycles. The van der Waals surface area contributed by atoms with Gasteiger partial charge in [-0.25, -0.2) is 9.59 Å². The molecule has 0 aliphatic carbocycles. The Bertz CT molecular complexity index is 1610. The Morgan fingerprint density at radius 1 is 0.788 bits per heavy atom. The van der Waals surface area contributed by atoms with Gasteiger partial charge in [-0.1, -0.05) is 30.3 Å². The molecule has 2 aromatic heterocycles. The Hall–Kier alpha value is -4.32. The fourth-order valence-corrected chi connectivity index (χ4v) is 4.03. The summed E-state index contributed by atoms with van der Waals surface area (Å²) < 4.78 is 11.2. The lowest BCUT2D eigenvalue weighted by atomic mass is 9.97. The molecule has 1 N–H and O–H groups in total. The van der Waals surface area contributed by atoms with E-state index in [0.29, 0.717) is 22.3 Å². The molecule has 0 amide bonds. The second-order valence-electron chi connectivity index (χ2n) is 8.05. The molecule has 0 atom stereocenters. The van der Waals surface area contributed by atoms with E-state index >= 15 is 0 Å². The quantitative estimate of drug-likeness (QED) is 0.382. The molecule has 0 aliphatic rings. The van der Waals surface area contributed by atoms with Crippen molar-refractivity contribution in [3.05, 3.63) is 93.6 Å². The zero-order valence-electron chi connectivity index (χ0n) is 18.5. The van der Waals surface area contributed by atoms with Crippen LogP contribution in [0.5, 0.6) is 0 Å². The Kier molecular flexibility index (Phi) is 4.98. The Labute approximate surface area is 189 Å². The lowest BCUT2D eigenvalue weighted by Gasteiger charge is -2.13. The third kappa shape index (κ3) is 3.65. The SMILES string of the molecule is CNc1ccc2cc(-c3cccc4c(-c5ccc(N(C)C)cc5)cc(=O)oc34)c(=O)oc2c1. The lowest BCUT2D eigenvalue weighted by Crippen LogP contribution is -2.08. The second-order valence-corrected chi connectivity index (χ2v) is 8.05. The van der Waals surface area contributed by atoms with Crippen molar-refractivity contribution in [3.8, 4) is 22.3 Å². The fraction of sp³-hybridized carbons (Fsp3) is 0.111. The van der Waals surface area contributed by atoms with Gasteiger partial charge in [0.05, 0.1) is 5.56 Å². The first-order valence-electron chi connectivity index (χ1n) is 10.6. The average Bonchev–Trinajstić information content (AvgIpc) is 2.82. The molecule has 6 heteroatoms. The minimum atomic E-state index is -0.494. The van der Waals surface area contributed by atoms with Gasteiger partial charge in [-0.15, -0.1) is 0 Å². The van der Waals surface area contributed by atoms with Crippen LogP contribution in [0.1, 0.15) is 0 Å². The molecule has 0 unspecified atom stereocenters. The van der Waals surface area contributed by atoms with Gasteiger partial charge in [0, 0.05) is 61.0 Å². The van der Waals surface area contributed by atoms with Crippen LogP contribution in [-0.4, -0.2) is 21.1 Å². The predicted molar refractivity (Wildman–Crippen MR) is 133 cm³/mol. The number of benzene rings is 3. The molecule has 0 radical (unpaired) electrons. The summed E-state index contributed by atoms with van der Waals surface area (Å²) in [5.74, 6) is 0. The van der Waals surface area contributed by atoms with Crippen LogP contribution in [-0.2, 0) is 0 Å². The number of rotatable bonds is 4. The minimum Gasteiger partial charge on any atom is -0.422 e. The number of nitrogens with one attached hydrogen (secondary N) is 1. The molecule has 3 aromatic carbocycles. The van der Waals surface area contributed by atoms with Crippen molar-refractivity contribution in [1.82, 2.24) is 0 Å². The van der Waals surface area contributed by atoms with Crippen LogP contribution in [0.25, 0.3) is 44.2 Å². The van der Waals surface area contributed by atoms with Crippen molar-refractivity contribution < 1.29 is 8.83 Å². The van der Waals surface area contributed by atoms with Gasteiger partial charge in [0.15, 0.2) is 0 Å². The largest absolute Gasteiger partial charge is 0.422 e. The summed E-state index contributed by atoms with van der Waals surface area (Å²) in [7, 11) is 5.75. The summed E-state index contributed by atoms with van der Waals surface area (Å²) in [5.41, 5.74) is 4.27. The van der Waals surface area contributed by atoms with E-state index in [1.54, 1.807) is 25.2 Å². The molecular formula is C27H22N2O4. The molecule has 0 fully saturated rings. The van der Waals surface area contributed by atoms with Gasteiger partial charge >= 0.3 is 11.3 Å². The second kappa shape index (κ2) is 7.98. The highest BCUT2D eigenvalue weighted by atomic mass is 16.4. The van der Waals surface area contributed by atoms with E-state index in [0.717, 1.165) is 33.3 Å². The van der Waals surface area contributed by atoms with Crippen LogP contribution in [0.4, 0.5) is 11.4 Å². The number of hydrogen-bond acceptors (Lipinski definition) is 6. The molecule has 0 saturated heterocycles. The number of fused-ring (bicyclic) bond motifs is 2. The molecule has 33 heavy (non-hydrogen) atoms. The van der Waals surface area contributed by atoms with E-state index in [9.17, 15) is 9.59 Å². The zero-order valence-corrected chi connectivity index (χ0v) is 18.5. The Morgan fingerprint density at radius 3 is 2.30 bits per heavy atom. The van der Waals surface area contributed by atoms with Crippen LogP contribution in [0.15, 0.2) is 91.2 Å². The maximum atomic E-state index is 12.9. The minimum absolute atomic E-state index is 0.341. The van der Waals surface area contributed by atoms with Crippen LogP contribution in [0, 0.1) is 0 Å². The zero-order chi connectivity index (χ0) is 23.1. The van der Waals surface area contributed by atoms with E-state index in [1.807, 2.05) is 67.5 Å². The van der Waals surface area contributed by atoms with Gasteiger partial charge in [0.25, 0.3) is 0 Å². The first-order chi connectivity index (χ1) is 15.9. The number of para-hydroxylation sites is 1. The van der Waals surface area contributed by atoms with Gasteiger partial charge < -0.3 is 19.1 Å². The molecule has 164 valence electrons. The number of anilines is 2. The highest BCUT2D eigenvalue weighted by Gasteiger charge is 2.16. The number of hydrogen-bond donors (Lipinski definition) is 1.